The number of para-hydroxylation sites is 2. The zero-order valence-electron chi connectivity index (χ0n) is 27.2. The average molecular weight is 650 g/mol. The Bertz CT molecular complexity index is 1670. The molecule has 1 fully saturated rings. The number of nitrogens with one attached hydrogen (secondary N) is 3. The predicted octanol–water partition coefficient (Wildman–Crippen LogP) is 5.36. The first kappa shape index (κ1) is 34.2. The second-order valence-electron chi connectivity index (χ2n) is 11.9. The first-order valence-corrected chi connectivity index (χ1v) is 16.3. The van der Waals surface area contributed by atoms with Gasteiger partial charge in [0.25, 0.3) is 11.8 Å². The van der Waals surface area contributed by atoms with E-state index < -0.39 is 6.09 Å². The molecule has 1 saturated heterocycles. The van der Waals surface area contributed by atoms with Gasteiger partial charge in [0.05, 0.1) is 5.69 Å². The highest BCUT2D eigenvalue weighted by Crippen LogP contribution is 2.28. The second-order valence-corrected chi connectivity index (χ2v) is 11.9. The van der Waals surface area contributed by atoms with Crippen LogP contribution in [-0.2, 0) is 11.3 Å². The van der Waals surface area contributed by atoms with Gasteiger partial charge in [-0.2, -0.15) is 0 Å². The van der Waals surface area contributed by atoms with Crippen LogP contribution < -0.4 is 16.0 Å². The van der Waals surface area contributed by atoms with Crippen LogP contribution in [0.15, 0.2) is 103 Å². The normalized spacial score (nSPS) is 13.4. The maximum atomic E-state index is 13.2. The average Bonchev–Trinajstić information content (AvgIpc) is 3.12. The van der Waals surface area contributed by atoms with Crippen molar-refractivity contribution < 1.29 is 24.2 Å². The lowest BCUT2D eigenvalue weighted by Gasteiger charge is -2.32. The van der Waals surface area contributed by atoms with E-state index in [1.165, 1.54) is 0 Å². The molecule has 5 rings (SSSR count). The Kier molecular flexibility index (Phi) is 12.2. The molecule has 0 spiro atoms. The van der Waals surface area contributed by atoms with Gasteiger partial charge in [-0.25, -0.2) is 4.79 Å². The molecule has 0 radical (unpaired) electrons. The molecule has 0 aliphatic carbocycles. The van der Waals surface area contributed by atoms with E-state index in [9.17, 15) is 19.5 Å². The van der Waals surface area contributed by atoms with Crippen molar-refractivity contribution in [2.45, 2.75) is 25.5 Å². The molecule has 0 saturated carbocycles. The molecule has 4 N–H and O–H groups in total. The molecule has 48 heavy (non-hydrogen) atoms. The van der Waals surface area contributed by atoms with Crippen molar-refractivity contribution in [3.63, 3.8) is 0 Å². The zero-order chi connectivity index (χ0) is 33.7. The number of nitrogens with zero attached hydrogens (tertiary/aromatic N) is 2. The van der Waals surface area contributed by atoms with E-state index in [0.717, 1.165) is 29.8 Å². The molecule has 0 unspecified atom stereocenters. The van der Waals surface area contributed by atoms with Gasteiger partial charge in [-0.3, -0.25) is 14.9 Å². The summed E-state index contributed by atoms with van der Waals surface area (Å²) >= 11 is 0. The summed E-state index contributed by atoms with van der Waals surface area (Å²) < 4.78 is 5.76. The minimum Gasteiger partial charge on any atom is -0.508 e. The zero-order valence-corrected chi connectivity index (χ0v) is 27.2. The highest BCUT2D eigenvalue weighted by atomic mass is 16.6. The molecular formula is C38H43N5O5. The summed E-state index contributed by atoms with van der Waals surface area (Å²) in [5, 5.41) is 18.8. The number of rotatable bonds is 13. The fourth-order valence-electron chi connectivity index (χ4n) is 5.66. The van der Waals surface area contributed by atoms with Gasteiger partial charge < -0.3 is 30.3 Å². The summed E-state index contributed by atoms with van der Waals surface area (Å²) in [6.07, 6.45) is 0.796. The van der Waals surface area contributed by atoms with Crippen molar-refractivity contribution in [3.05, 3.63) is 120 Å². The standard InChI is InChI=1S/C38H43N5O5/c1-42(37(46)30-14-9-13-29(26-30)36(45)40-21-20-39-27-31-12-5-8-17-35(31)44)24-25-43-22-18-32(19-23-43)48-38(47)41-34-16-7-6-15-33(34)28-10-3-2-4-11-28/h2-17,26,32,39,44H,18-25,27H2,1H3,(H,40,45)(H,41,47). The first-order valence-electron chi connectivity index (χ1n) is 16.3. The number of carbonyl (C=O) groups excluding carboxylic acids is 3. The van der Waals surface area contributed by atoms with Gasteiger partial charge in [0.1, 0.15) is 11.9 Å². The van der Waals surface area contributed by atoms with Crippen molar-refractivity contribution in [2.75, 3.05) is 51.6 Å². The number of amides is 3. The first-order chi connectivity index (χ1) is 23.4. The Balaban J connectivity index is 1.01. The number of aromatic hydroxyl groups is 1. The number of piperidine rings is 1. The van der Waals surface area contributed by atoms with Crippen molar-refractivity contribution >= 4 is 23.6 Å². The molecule has 10 nitrogen and oxygen atoms in total. The maximum Gasteiger partial charge on any atom is 0.411 e. The molecule has 0 bridgehead atoms. The molecule has 1 aliphatic rings. The molecule has 1 aliphatic heterocycles. The van der Waals surface area contributed by atoms with Gasteiger partial charge in [-0.15, -0.1) is 0 Å². The summed E-state index contributed by atoms with van der Waals surface area (Å²) in [6, 6.07) is 31.4. The molecule has 1 heterocycles. The Morgan fingerprint density at radius 3 is 2.35 bits per heavy atom. The maximum absolute atomic E-state index is 13.2. The summed E-state index contributed by atoms with van der Waals surface area (Å²) in [5.74, 6) is -0.172. The van der Waals surface area contributed by atoms with E-state index in [-0.39, 0.29) is 23.7 Å². The number of likely N-dealkylation sites (N-methyl/N-ethyl adjacent to an activating group) is 1. The molecule has 0 atom stereocenters. The van der Waals surface area contributed by atoms with Crippen LogP contribution in [0.2, 0.25) is 0 Å². The van der Waals surface area contributed by atoms with Crippen molar-refractivity contribution in [1.29, 1.82) is 0 Å². The number of carbonyl (C=O) groups is 3. The third-order valence-corrected chi connectivity index (χ3v) is 8.42. The monoisotopic (exact) mass is 649 g/mol. The van der Waals surface area contributed by atoms with E-state index in [1.54, 1.807) is 48.3 Å². The van der Waals surface area contributed by atoms with E-state index >= 15 is 0 Å². The molecule has 4 aromatic rings. The van der Waals surface area contributed by atoms with E-state index in [1.807, 2.05) is 66.7 Å². The lowest BCUT2D eigenvalue weighted by atomic mass is 10.0. The number of anilines is 1. The van der Waals surface area contributed by atoms with Crippen LogP contribution in [0.5, 0.6) is 5.75 Å². The molecule has 10 heteroatoms. The summed E-state index contributed by atoms with van der Waals surface area (Å²) in [6.45, 7) is 4.17. The molecular weight excluding hydrogens is 606 g/mol. The van der Waals surface area contributed by atoms with Crippen molar-refractivity contribution in [2.24, 2.45) is 0 Å². The van der Waals surface area contributed by atoms with Gasteiger partial charge in [0.2, 0.25) is 0 Å². The topological polar surface area (TPSA) is 123 Å². The summed E-state index contributed by atoms with van der Waals surface area (Å²) in [7, 11) is 1.76. The quantitative estimate of drug-likeness (QED) is 0.144. The highest BCUT2D eigenvalue weighted by Gasteiger charge is 2.23. The van der Waals surface area contributed by atoms with Gasteiger partial charge in [0, 0.05) is 75.1 Å². The van der Waals surface area contributed by atoms with E-state index in [0.29, 0.717) is 62.4 Å². The number of hydrogen-bond donors (Lipinski definition) is 4. The Hall–Kier alpha value is -5.19. The Labute approximate surface area is 281 Å². The van der Waals surface area contributed by atoms with E-state index in [4.69, 9.17) is 4.74 Å². The van der Waals surface area contributed by atoms with Crippen LogP contribution in [0, 0.1) is 0 Å². The fourth-order valence-corrected chi connectivity index (χ4v) is 5.66. The molecule has 0 aromatic heterocycles. The summed E-state index contributed by atoms with van der Waals surface area (Å²) in [5.41, 5.74) is 4.33. The number of hydrogen-bond acceptors (Lipinski definition) is 7. The largest absolute Gasteiger partial charge is 0.508 e. The lowest BCUT2D eigenvalue weighted by Crippen LogP contribution is -2.42. The highest BCUT2D eigenvalue weighted by molar-refractivity contribution is 5.99. The van der Waals surface area contributed by atoms with Crippen molar-refractivity contribution in [1.82, 2.24) is 20.4 Å². The summed E-state index contributed by atoms with van der Waals surface area (Å²) in [4.78, 5) is 42.6. The second kappa shape index (κ2) is 17.1. The molecule has 250 valence electrons. The van der Waals surface area contributed by atoms with Gasteiger partial charge in [0.15, 0.2) is 0 Å². The number of benzene rings is 4. The van der Waals surface area contributed by atoms with Crippen LogP contribution in [0.3, 0.4) is 0 Å². The van der Waals surface area contributed by atoms with Crippen LogP contribution in [0.4, 0.5) is 10.5 Å². The van der Waals surface area contributed by atoms with Crippen LogP contribution in [0.1, 0.15) is 39.1 Å². The van der Waals surface area contributed by atoms with Crippen LogP contribution >= 0.6 is 0 Å². The number of ether oxygens (including phenoxy) is 1. The number of phenols is 1. The lowest BCUT2D eigenvalue weighted by molar-refractivity contribution is 0.0540. The third-order valence-electron chi connectivity index (χ3n) is 8.42. The van der Waals surface area contributed by atoms with Gasteiger partial charge in [-0.05, 0) is 48.7 Å². The Morgan fingerprint density at radius 2 is 1.56 bits per heavy atom. The van der Waals surface area contributed by atoms with Gasteiger partial charge >= 0.3 is 6.09 Å². The number of likely N-dealkylation sites (tertiary alicyclic amines) is 1. The van der Waals surface area contributed by atoms with Crippen LogP contribution in [0.25, 0.3) is 11.1 Å². The van der Waals surface area contributed by atoms with E-state index in [2.05, 4.69) is 20.9 Å². The van der Waals surface area contributed by atoms with Crippen molar-refractivity contribution in [3.8, 4) is 16.9 Å². The predicted molar refractivity (Wildman–Crippen MR) is 187 cm³/mol. The van der Waals surface area contributed by atoms with Crippen LogP contribution in [-0.4, -0.2) is 85.2 Å². The molecule has 3 amide bonds. The third kappa shape index (κ3) is 9.66. The minimum absolute atomic E-state index is 0.153. The minimum atomic E-state index is -0.459. The number of phenolic OH excluding ortho intramolecular Hbond substituents is 1. The SMILES string of the molecule is CN(CCN1CCC(OC(=O)Nc2ccccc2-c2ccccc2)CC1)C(=O)c1cccc(C(=O)NCCNCc2ccccc2O)c1. The smallest absolute Gasteiger partial charge is 0.411 e. The van der Waals surface area contributed by atoms with Gasteiger partial charge in [-0.1, -0.05) is 72.8 Å². The molecule has 4 aromatic carbocycles. The Morgan fingerprint density at radius 1 is 0.854 bits per heavy atom. The fraction of sp³-hybridized carbons (Fsp3) is 0.289.